The molecule has 0 atom stereocenters. The number of rotatable bonds is 3. The van der Waals surface area contributed by atoms with Crippen LogP contribution in [0.3, 0.4) is 0 Å². The van der Waals surface area contributed by atoms with E-state index in [1.54, 1.807) is 11.6 Å². The molecule has 3 rings (SSSR count). The van der Waals surface area contributed by atoms with Gasteiger partial charge in [-0.15, -0.1) is 0 Å². The predicted octanol–water partition coefficient (Wildman–Crippen LogP) is 4.06. The Kier molecular flexibility index (Phi) is 3.53. The lowest BCUT2D eigenvalue weighted by Gasteiger charge is -2.05. The van der Waals surface area contributed by atoms with Crippen LogP contribution in [-0.4, -0.2) is 26.3 Å². The van der Waals surface area contributed by atoms with Crippen molar-refractivity contribution < 1.29 is 19.3 Å². The molecular formula is C15H10F3N3OS. The Morgan fingerprint density at radius 3 is 2.78 bits per heavy atom. The fourth-order valence-corrected chi connectivity index (χ4v) is 2.75. The van der Waals surface area contributed by atoms with E-state index in [0.29, 0.717) is 23.1 Å². The highest BCUT2D eigenvalue weighted by Gasteiger charge is 2.29. The predicted molar refractivity (Wildman–Crippen MR) is 81.2 cm³/mol. The molecular weight excluding hydrogens is 327 g/mol. The lowest BCUT2D eigenvalue weighted by molar-refractivity contribution is -0.0328. The number of aldehydes is 1. The van der Waals surface area contributed by atoms with E-state index in [-0.39, 0.29) is 34.1 Å². The number of imidazole rings is 1. The maximum Gasteiger partial charge on any atom is 0.446 e. The van der Waals surface area contributed by atoms with Crippen molar-refractivity contribution in [2.75, 3.05) is 0 Å². The second-order valence-corrected chi connectivity index (χ2v) is 5.81. The van der Waals surface area contributed by atoms with E-state index >= 15 is 0 Å². The van der Waals surface area contributed by atoms with Crippen LogP contribution < -0.4 is 0 Å². The molecule has 0 N–H and O–H groups in total. The summed E-state index contributed by atoms with van der Waals surface area (Å²) in [4.78, 5) is 19.3. The SMILES string of the molecule is [2H]c1ccc(C=O)nc1-c1nc2cc(SC(F)(F)F)ccc2n1C. The van der Waals surface area contributed by atoms with E-state index in [2.05, 4.69) is 9.97 Å². The molecule has 8 heteroatoms. The lowest BCUT2D eigenvalue weighted by Crippen LogP contribution is -1.98. The van der Waals surface area contributed by atoms with Crippen LogP contribution in [0.15, 0.2) is 41.3 Å². The molecule has 3 aromatic rings. The topological polar surface area (TPSA) is 47.8 Å². The van der Waals surface area contributed by atoms with Crippen molar-refractivity contribution in [1.29, 1.82) is 0 Å². The summed E-state index contributed by atoms with van der Waals surface area (Å²) in [6.07, 6.45) is 0.559. The van der Waals surface area contributed by atoms with Gasteiger partial charge in [-0.3, -0.25) is 4.79 Å². The summed E-state index contributed by atoms with van der Waals surface area (Å²) < 4.78 is 47.0. The minimum atomic E-state index is -4.38. The molecule has 0 bridgehead atoms. The molecule has 0 fully saturated rings. The standard InChI is InChI=1S/C15H10F3N3OS/c1-21-13-6-5-10(23-15(16,17)18)7-12(13)20-14(21)11-4-2-3-9(8-22)19-11/h2-8H,1H3/i4D. The quantitative estimate of drug-likeness (QED) is 0.534. The van der Waals surface area contributed by atoms with Crippen LogP contribution in [-0.2, 0) is 7.05 Å². The Bertz CT molecular complexity index is 940. The molecule has 2 aromatic heterocycles. The smallest absolute Gasteiger partial charge is 0.326 e. The minimum absolute atomic E-state index is 0.0281. The van der Waals surface area contributed by atoms with Gasteiger partial charge in [0.05, 0.1) is 12.4 Å². The van der Waals surface area contributed by atoms with Gasteiger partial charge in [0.15, 0.2) is 12.1 Å². The second kappa shape index (κ2) is 5.69. The van der Waals surface area contributed by atoms with Gasteiger partial charge in [-0.05, 0) is 42.1 Å². The van der Waals surface area contributed by atoms with E-state index < -0.39 is 5.51 Å². The first-order valence-corrected chi connectivity index (χ1v) is 7.25. The molecule has 0 aliphatic rings. The van der Waals surface area contributed by atoms with Gasteiger partial charge in [0.2, 0.25) is 0 Å². The number of carbonyl (C=O) groups excluding carboxylic acids is 1. The highest BCUT2D eigenvalue weighted by Crippen LogP contribution is 2.38. The van der Waals surface area contributed by atoms with Gasteiger partial charge in [-0.2, -0.15) is 13.2 Å². The van der Waals surface area contributed by atoms with Crippen molar-refractivity contribution in [3.05, 3.63) is 42.1 Å². The van der Waals surface area contributed by atoms with Crippen molar-refractivity contribution in [2.24, 2.45) is 7.05 Å². The molecule has 1 aromatic carbocycles. The van der Waals surface area contributed by atoms with Crippen LogP contribution in [0.4, 0.5) is 13.2 Å². The van der Waals surface area contributed by atoms with E-state index in [9.17, 15) is 18.0 Å². The number of carbonyl (C=O) groups is 1. The number of pyridine rings is 1. The largest absolute Gasteiger partial charge is 0.446 e. The average Bonchev–Trinajstić information content (AvgIpc) is 2.82. The van der Waals surface area contributed by atoms with Crippen molar-refractivity contribution >= 4 is 29.1 Å². The van der Waals surface area contributed by atoms with E-state index in [4.69, 9.17) is 1.37 Å². The third kappa shape index (κ3) is 3.21. The Balaban J connectivity index is 2.13. The van der Waals surface area contributed by atoms with Crippen LogP contribution >= 0.6 is 11.8 Å². The third-order valence-electron chi connectivity index (χ3n) is 3.13. The van der Waals surface area contributed by atoms with Gasteiger partial charge in [-0.25, -0.2) is 9.97 Å². The number of aromatic nitrogens is 3. The summed E-state index contributed by atoms with van der Waals surface area (Å²) in [6.45, 7) is 0. The number of alkyl halides is 3. The van der Waals surface area contributed by atoms with Gasteiger partial charge >= 0.3 is 5.51 Å². The highest BCUT2D eigenvalue weighted by atomic mass is 32.2. The zero-order chi connectivity index (χ0) is 17.5. The van der Waals surface area contributed by atoms with Crippen molar-refractivity contribution in [3.8, 4) is 11.5 Å². The molecule has 4 nitrogen and oxygen atoms in total. The molecule has 0 saturated carbocycles. The molecule has 118 valence electrons. The first-order valence-electron chi connectivity index (χ1n) is 6.94. The van der Waals surface area contributed by atoms with Crippen LogP contribution in [0.25, 0.3) is 22.6 Å². The van der Waals surface area contributed by atoms with Crippen LogP contribution in [0.5, 0.6) is 0 Å². The fraction of sp³-hybridized carbons (Fsp3) is 0.133. The Morgan fingerprint density at radius 1 is 1.30 bits per heavy atom. The maximum absolute atomic E-state index is 12.5. The van der Waals surface area contributed by atoms with E-state index in [1.165, 1.54) is 30.3 Å². The number of benzene rings is 1. The zero-order valence-corrected chi connectivity index (χ0v) is 12.6. The molecule has 0 aliphatic heterocycles. The lowest BCUT2D eigenvalue weighted by atomic mass is 10.3. The summed E-state index contributed by atoms with van der Waals surface area (Å²) >= 11 is -0.213. The normalized spacial score (nSPS) is 12.4. The molecule has 0 amide bonds. The van der Waals surface area contributed by atoms with Crippen molar-refractivity contribution in [2.45, 2.75) is 10.4 Å². The van der Waals surface area contributed by atoms with E-state index in [1.807, 2.05) is 0 Å². The van der Waals surface area contributed by atoms with Gasteiger partial charge in [0.25, 0.3) is 0 Å². The van der Waals surface area contributed by atoms with Crippen LogP contribution in [0.2, 0.25) is 0 Å². The van der Waals surface area contributed by atoms with E-state index in [0.717, 1.165) is 0 Å². The molecule has 0 spiro atoms. The van der Waals surface area contributed by atoms with Crippen molar-refractivity contribution in [1.82, 2.24) is 14.5 Å². The Hall–Kier alpha value is -2.35. The number of hydrogen-bond donors (Lipinski definition) is 0. The van der Waals surface area contributed by atoms with Gasteiger partial charge in [0, 0.05) is 11.9 Å². The average molecular weight is 338 g/mol. The van der Waals surface area contributed by atoms with Crippen LogP contribution in [0, 0.1) is 0 Å². The second-order valence-electron chi connectivity index (χ2n) is 4.67. The molecule has 0 aliphatic carbocycles. The van der Waals surface area contributed by atoms with Gasteiger partial charge in [0.1, 0.15) is 11.4 Å². The fourth-order valence-electron chi connectivity index (χ4n) is 2.17. The minimum Gasteiger partial charge on any atom is -0.326 e. The summed E-state index contributed by atoms with van der Waals surface area (Å²) in [5.41, 5.74) is -3.06. The summed E-state index contributed by atoms with van der Waals surface area (Å²) in [5, 5.41) is 0. The number of hydrogen-bond acceptors (Lipinski definition) is 4. The molecule has 0 saturated heterocycles. The number of nitrogens with zero attached hydrogens (tertiary/aromatic N) is 3. The Morgan fingerprint density at radius 2 is 2.09 bits per heavy atom. The third-order valence-corrected chi connectivity index (χ3v) is 3.85. The molecule has 0 radical (unpaired) electrons. The molecule has 23 heavy (non-hydrogen) atoms. The number of thioether (sulfide) groups is 1. The molecule has 0 unspecified atom stereocenters. The first kappa shape index (κ1) is 14.3. The van der Waals surface area contributed by atoms with Gasteiger partial charge in [-0.1, -0.05) is 6.07 Å². The summed E-state index contributed by atoms with van der Waals surface area (Å²) in [6, 6.07) is 7.15. The summed E-state index contributed by atoms with van der Waals surface area (Å²) in [7, 11) is 1.68. The van der Waals surface area contributed by atoms with Crippen molar-refractivity contribution in [3.63, 3.8) is 0 Å². The monoisotopic (exact) mass is 338 g/mol. The van der Waals surface area contributed by atoms with Crippen LogP contribution in [0.1, 0.15) is 11.9 Å². The highest BCUT2D eigenvalue weighted by molar-refractivity contribution is 8.00. The number of fused-ring (bicyclic) bond motifs is 1. The number of halogens is 3. The summed E-state index contributed by atoms with van der Waals surface area (Å²) in [5.74, 6) is 0.313. The molecule has 2 heterocycles. The Labute approximate surface area is 134 Å². The number of aryl methyl sites for hydroxylation is 1. The van der Waals surface area contributed by atoms with Gasteiger partial charge < -0.3 is 4.57 Å². The maximum atomic E-state index is 12.5. The zero-order valence-electron chi connectivity index (χ0n) is 12.8. The first-order chi connectivity index (χ1) is 11.3.